The van der Waals surface area contributed by atoms with Crippen LogP contribution in [0.4, 0.5) is 0 Å². The Labute approximate surface area is 93.0 Å². The molecular weight excluding hydrogens is 190 g/mol. The molecule has 1 saturated heterocycles. The van der Waals surface area contributed by atoms with Gasteiger partial charge in [0.25, 0.3) is 0 Å². The zero-order valence-electron chi connectivity index (χ0n) is 10.5. The predicted molar refractivity (Wildman–Crippen MR) is 62.8 cm³/mol. The Morgan fingerprint density at radius 2 is 2.00 bits per heavy atom. The molecule has 0 amide bonds. The van der Waals surface area contributed by atoms with Gasteiger partial charge in [-0.25, -0.2) is 0 Å². The number of aliphatic hydroxyl groups is 1. The lowest BCUT2D eigenvalue weighted by atomic mass is 9.98. The van der Waals surface area contributed by atoms with Crippen LogP contribution in [0.2, 0.25) is 0 Å². The summed E-state index contributed by atoms with van der Waals surface area (Å²) in [6.45, 7) is 10.3. The van der Waals surface area contributed by atoms with E-state index in [1.54, 1.807) is 6.92 Å². The Balaban J connectivity index is 2.53. The van der Waals surface area contributed by atoms with E-state index in [2.05, 4.69) is 30.7 Å². The smallest absolute Gasteiger partial charge is 0.0867 e. The van der Waals surface area contributed by atoms with E-state index in [1.807, 2.05) is 0 Å². The molecule has 0 radical (unpaired) electrons. The summed E-state index contributed by atoms with van der Waals surface area (Å²) in [5.41, 5.74) is 4.96. The fourth-order valence-electron chi connectivity index (χ4n) is 2.02. The van der Waals surface area contributed by atoms with Gasteiger partial charge >= 0.3 is 0 Å². The van der Waals surface area contributed by atoms with Crippen LogP contribution in [0.15, 0.2) is 0 Å². The van der Waals surface area contributed by atoms with Crippen molar-refractivity contribution in [1.29, 1.82) is 0 Å². The number of hydrogen-bond donors (Lipinski definition) is 2. The number of hydrogen-bond acceptors (Lipinski definition) is 4. The average molecular weight is 215 g/mol. The maximum absolute atomic E-state index is 9.93. The summed E-state index contributed by atoms with van der Waals surface area (Å²) < 4.78 is 0. The van der Waals surface area contributed by atoms with E-state index in [9.17, 15) is 5.11 Å². The van der Waals surface area contributed by atoms with Crippen molar-refractivity contribution >= 4 is 0 Å². The van der Waals surface area contributed by atoms with Crippen LogP contribution >= 0.6 is 0 Å². The van der Waals surface area contributed by atoms with E-state index in [4.69, 9.17) is 5.73 Å². The molecule has 3 N–H and O–H groups in total. The van der Waals surface area contributed by atoms with Crippen LogP contribution in [-0.4, -0.2) is 65.8 Å². The Morgan fingerprint density at radius 3 is 2.47 bits per heavy atom. The van der Waals surface area contributed by atoms with Crippen LogP contribution in [0.1, 0.15) is 20.8 Å². The summed E-state index contributed by atoms with van der Waals surface area (Å²) >= 11 is 0. The maximum atomic E-state index is 9.93. The molecular formula is C11H25N3O. The van der Waals surface area contributed by atoms with Gasteiger partial charge in [0, 0.05) is 38.3 Å². The van der Waals surface area contributed by atoms with E-state index in [-0.39, 0.29) is 5.54 Å². The van der Waals surface area contributed by atoms with E-state index >= 15 is 0 Å². The van der Waals surface area contributed by atoms with Crippen molar-refractivity contribution in [3.63, 3.8) is 0 Å². The third kappa shape index (κ3) is 3.41. The van der Waals surface area contributed by atoms with Gasteiger partial charge in [-0.05, 0) is 27.8 Å². The van der Waals surface area contributed by atoms with Crippen molar-refractivity contribution in [3.8, 4) is 0 Å². The first-order chi connectivity index (χ1) is 6.77. The highest BCUT2D eigenvalue weighted by molar-refractivity contribution is 4.90. The van der Waals surface area contributed by atoms with E-state index in [1.165, 1.54) is 0 Å². The molecule has 0 aliphatic carbocycles. The quantitative estimate of drug-likeness (QED) is 0.680. The fraction of sp³-hybridized carbons (Fsp3) is 1.00. The highest BCUT2D eigenvalue weighted by Crippen LogP contribution is 2.20. The van der Waals surface area contributed by atoms with Crippen molar-refractivity contribution in [2.45, 2.75) is 31.9 Å². The summed E-state index contributed by atoms with van der Waals surface area (Å²) in [5.74, 6) is 0. The minimum Gasteiger partial charge on any atom is -0.388 e. The number of β-amino-alcohol motifs (C(OH)–C–C–N with tert-alkyl or cyclic N) is 1. The molecule has 1 aliphatic heterocycles. The Hall–Kier alpha value is -0.160. The summed E-state index contributed by atoms with van der Waals surface area (Å²) in [6.07, 6.45) is 0. The monoisotopic (exact) mass is 215 g/mol. The first-order valence-electron chi connectivity index (χ1n) is 5.63. The summed E-state index contributed by atoms with van der Waals surface area (Å²) in [4.78, 5) is 4.66. The van der Waals surface area contributed by atoms with Crippen molar-refractivity contribution in [3.05, 3.63) is 0 Å². The molecule has 1 fully saturated rings. The van der Waals surface area contributed by atoms with Crippen LogP contribution in [0.25, 0.3) is 0 Å². The van der Waals surface area contributed by atoms with E-state index in [0.717, 1.165) is 19.6 Å². The van der Waals surface area contributed by atoms with Gasteiger partial charge in [0.2, 0.25) is 0 Å². The third-order valence-corrected chi connectivity index (χ3v) is 3.40. The summed E-state index contributed by atoms with van der Waals surface area (Å²) in [7, 11) is 2.15. The number of nitrogens with zero attached hydrogens (tertiary/aromatic N) is 2. The average Bonchev–Trinajstić information content (AvgIpc) is 2.10. The van der Waals surface area contributed by atoms with Gasteiger partial charge in [0.05, 0.1) is 5.60 Å². The second kappa shape index (κ2) is 4.37. The molecule has 0 saturated carbocycles. The summed E-state index contributed by atoms with van der Waals surface area (Å²) in [6, 6.07) is 0. The van der Waals surface area contributed by atoms with Crippen LogP contribution in [-0.2, 0) is 0 Å². The molecule has 1 heterocycles. The third-order valence-electron chi connectivity index (χ3n) is 3.40. The zero-order chi connectivity index (χ0) is 11.7. The van der Waals surface area contributed by atoms with Gasteiger partial charge in [-0.2, -0.15) is 0 Å². The van der Waals surface area contributed by atoms with Crippen LogP contribution in [0.5, 0.6) is 0 Å². The SMILES string of the molecule is CN1CCN(CC(C)(O)CN)CC1(C)C. The van der Waals surface area contributed by atoms with Crippen molar-refractivity contribution in [2.75, 3.05) is 39.8 Å². The van der Waals surface area contributed by atoms with Gasteiger partial charge in [0.15, 0.2) is 0 Å². The fourth-order valence-corrected chi connectivity index (χ4v) is 2.02. The largest absolute Gasteiger partial charge is 0.388 e. The van der Waals surface area contributed by atoms with Gasteiger partial charge in [-0.15, -0.1) is 0 Å². The Bertz CT molecular complexity index is 214. The van der Waals surface area contributed by atoms with E-state index in [0.29, 0.717) is 13.1 Å². The standard InChI is InChI=1S/C11H25N3O/c1-10(2)8-14(6-5-13(10)4)9-11(3,15)7-12/h15H,5-9,12H2,1-4H3. The highest BCUT2D eigenvalue weighted by atomic mass is 16.3. The Morgan fingerprint density at radius 1 is 1.40 bits per heavy atom. The van der Waals surface area contributed by atoms with Gasteiger partial charge in [-0.1, -0.05) is 0 Å². The van der Waals surface area contributed by atoms with E-state index < -0.39 is 5.60 Å². The summed E-state index contributed by atoms with van der Waals surface area (Å²) in [5, 5.41) is 9.93. The van der Waals surface area contributed by atoms with Crippen LogP contribution in [0, 0.1) is 0 Å². The molecule has 15 heavy (non-hydrogen) atoms. The number of likely N-dealkylation sites (N-methyl/N-ethyl adjacent to an activating group) is 1. The van der Waals surface area contributed by atoms with Gasteiger partial charge < -0.3 is 10.8 Å². The minimum atomic E-state index is -0.758. The van der Waals surface area contributed by atoms with Crippen molar-refractivity contribution in [2.24, 2.45) is 5.73 Å². The maximum Gasteiger partial charge on any atom is 0.0867 e. The first kappa shape index (κ1) is 12.9. The topological polar surface area (TPSA) is 52.7 Å². The molecule has 0 aromatic carbocycles. The first-order valence-corrected chi connectivity index (χ1v) is 5.63. The normalized spacial score (nSPS) is 27.6. The molecule has 1 atom stereocenters. The zero-order valence-corrected chi connectivity index (χ0v) is 10.5. The molecule has 4 heteroatoms. The lowest BCUT2D eigenvalue weighted by Gasteiger charge is -2.46. The van der Waals surface area contributed by atoms with Crippen LogP contribution in [0.3, 0.4) is 0 Å². The molecule has 90 valence electrons. The number of piperazine rings is 1. The Kier molecular flexibility index (Phi) is 3.76. The van der Waals surface area contributed by atoms with Crippen LogP contribution < -0.4 is 5.73 Å². The lowest BCUT2D eigenvalue weighted by molar-refractivity contribution is -0.0196. The predicted octanol–water partition coefficient (Wildman–Crippen LogP) is -0.278. The molecule has 0 bridgehead atoms. The molecule has 1 unspecified atom stereocenters. The number of nitrogens with two attached hydrogens (primary N) is 1. The number of rotatable bonds is 3. The molecule has 0 spiro atoms. The second-order valence-electron chi connectivity index (χ2n) is 5.65. The lowest BCUT2D eigenvalue weighted by Crippen LogP contribution is -2.60. The molecule has 0 aromatic heterocycles. The van der Waals surface area contributed by atoms with Gasteiger partial charge in [0.1, 0.15) is 0 Å². The van der Waals surface area contributed by atoms with Crippen molar-refractivity contribution < 1.29 is 5.11 Å². The molecule has 1 aliphatic rings. The molecule has 1 rings (SSSR count). The second-order valence-corrected chi connectivity index (χ2v) is 5.65. The molecule has 4 nitrogen and oxygen atoms in total. The minimum absolute atomic E-state index is 0.183. The van der Waals surface area contributed by atoms with Gasteiger partial charge in [-0.3, -0.25) is 9.80 Å². The molecule has 0 aromatic rings. The highest BCUT2D eigenvalue weighted by Gasteiger charge is 2.33. The van der Waals surface area contributed by atoms with Crippen molar-refractivity contribution in [1.82, 2.24) is 9.80 Å².